The van der Waals surface area contributed by atoms with Crippen LogP contribution in [0.25, 0.3) is 0 Å². The Kier molecular flexibility index (Phi) is 10.6. The van der Waals surface area contributed by atoms with Gasteiger partial charge >= 0.3 is 0 Å². The monoisotopic (exact) mass is 572 g/mol. The van der Waals surface area contributed by atoms with E-state index in [1.807, 2.05) is 55.5 Å². The summed E-state index contributed by atoms with van der Waals surface area (Å²) in [6.45, 7) is 6.39. The van der Waals surface area contributed by atoms with Crippen molar-refractivity contribution in [2.75, 3.05) is 49.9 Å². The number of benzene rings is 2. The van der Waals surface area contributed by atoms with Crippen LogP contribution in [0.2, 0.25) is 0 Å². The van der Waals surface area contributed by atoms with Gasteiger partial charge in [0.25, 0.3) is 0 Å². The molecule has 1 saturated heterocycles. The Hall–Kier alpha value is -2.01. The van der Waals surface area contributed by atoms with E-state index in [0.717, 1.165) is 49.9 Å². The summed E-state index contributed by atoms with van der Waals surface area (Å²) in [6.07, 6.45) is 0.502. The van der Waals surface area contributed by atoms with Crippen LogP contribution in [0.4, 0.5) is 5.69 Å². The van der Waals surface area contributed by atoms with Crippen LogP contribution in [0.3, 0.4) is 0 Å². The van der Waals surface area contributed by atoms with Gasteiger partial charge in [-0.05, 0) is 31.0 Å². The average Bonchev–Trinajstić information content (AvgIpc) is 2.77. The predicted octanol–water partition coefficient (Wildman–Crippen LogP) is 3.10. The van der Waals surface area contributed by atoms with E-state index in [1.54, 1.807) is 6.07 Å². The topological polar surface area (TPSA) is 85.2 Å². The molecule has 9 heteroatoms. The maximum absolute atomic E-state index is 12.4. The zero-order valence-corrected chi connectivity index (χ0v) is 21.6. The van der Waals surface area contributed by atoms with E-state index >= 15 is 0 Å². The molecule has 0 amide bonds. The molecule has 1 aliphatic rings. The third kappa shape index (κ3) is 7.84. The fourth-order valence-electron chi connectivity index (χ4n) is 3.69. The molecule has 0 saturated carbocycles. The zero-order valence-electron chi connectivity index (χ0n) is 18.5. The minimum atomic E-state index is -3.15. The van der Waals surface area contributed by atoms with Gasteiger partial charge in [-0.25, -0.2) is 8.42 Å². The molecule has 0 bridgehead atoms. The van der Waals surface area contributed by atoms with Gasteiger partial charge in [-0.1, -0.05) is 42.5 Å². The quantitative estimate of drug-likeness (QED) is 0.219. The molecule has 0 aromatic heterocycles. The van der Waals surface area contributed by atoms with Gasteiger partial charge in [0.2, 0.25) is 0 Å². The molecule has 1 heterocycles. The third-order valence-corrected chi connectivity index (χ3v) is 6.92. The van der Waals surface area contributed by atoms with Crippen LogP contribution >= 0.6 is 24.0 Å². The molecule has 2 aromatic carbocycles. The number of hydrogen-bond donors (Lipinski definition) is 2. The number of aromatic hydroxyl groups is 1. The highest BCUT2D eigenvalue weighted by molar-refractivity contribution is 14.0. The summed E-state index contributed by atoms with van der Waals surface area (Å²) in [5.41, 5.74) is 1.68. The molecule has 0 unspecified atom stereocenters. The lowest BCUT2D eigenvalue weighted by Gasteiger charge is -2.37. The van der Waals surface area contributed by atoms with Gasteiger partial charge < -0.3 is 20.2 Å². The second-order valence-corrected chi connectivity index (χ2v) is 9.81. The Morgan fingerprint density at radius 1 is 1.03 bits per heavy atom. The Morgan fingerprint density at radius 3 is 2.34 bits per heavy atom. The standard InChI is InChI=1S/C23H32N4O3S.HI/c1-2-24-23(25-13-8-18-31(29,30)19-20-9-4-3-5-10-20)27-16-14-26(15-17-27)21-11-6-7-12-22(21)28;/h3-7,9-12,28H,2,8,13-19H2,1H3,(H,24,25);1H. The SMILES string of the molecule is CCNC(=NCCCS(=O)(=O)Cc1ccccc1)N1CCN(c2ccccc2O)CC1.I. The van der Waals surface area contributed by atoms with Crippen molar-refractivity contribution < 1.29 is 13.5 Å². The number of hydrogen-bond acceptors (Lipinski definition) is 5. The molecule has 176 valence electrons. The Morgan fingerprint density at radius 2 is 1.69 bits per heavy atom. The molecule has 1 fully saturated rings. The number of sulfone groups is 1. The Bertz CT molecular complexity index is 962. The number of anilines is 1. The van der Waals surface area contributed by atoms with Gasteiger partial charge in [0.1, 0.15) is 5.75 Å². The first kappa shape index (κ1) is 26.2. The van der Waals surface area contributed by atoms with E-state index < -0.39 is 9.84 Å². The van der Waals surface area contributed by atoms with E-state index in [4.69, 9.17) is 0 Å². The lowest BCUT2D eigenvalue weighted by atomic mass is 10.2. The molecule has 0 aliphatic carbocycles. The molecule has 7 nitrogen and oxygen atoms in total. The summed E-state index contributed by atoms with van der Waals surface area (Å²) >= 11 is 0. The fourth-order valence-corrected chi connectivity index (χ4v) is 5.10. The highest BCUT2D eigenvalue weighted by Crippen LogP contribution is 2.27. The van der Waals surface area contributed by atoms with Crippen molar-refractivity contribution in [3.05, 3.63) is 60.2 Å². The molecule has 2 aromatic rings. The number of aliphatic imine (C=N–C) groups is 1. The molecule has 0 spiro atoms. The summed E-state index contributed by atoms with van der Waals surface area (Å²) in [4.78, 5) is 9.03. The van der Waals surface area contributed by atoms with Crippen molar-refractivity contribution >= 4 is 45.5 Å². The largest absolute Gasteiger partial charge is 0.506 e. The van der Waals surface area contributed by atoms with Crippen molar-refractivity contribution in [2.24, 2.45) is 4.99 Å². The van der Waals surface area contributed by atoms with E-state index in [-0.39, 0.29) is 35.5 Å². The van der Waals surface area contributed by atoms with Crippen molar-refractivity contribution in [1.29, 1.82) is 0 Å². The highest BCUT2D eigenvalue weighted by Gasteiger charge is 2.21. The molecular formula is C23H33IN4O3S. The molecule has 0 atom stereocenters. The summed E-state index contributed by atoms with van der Waals surface area (Å²) in [6, 6.07) is 16.7. The van der Waals surface area contributed by atoms with E-state index in [1.165, 1.54) is 0 Å². The molecule has 2 N–H and O–H groups in total. The number of nitrogens with zero attached hydrogens (tertiary/aromatic N) is 3. The summed E-state index contributed by atoms with van der Waals surface area (Å²) in [7, 11) is -3.15. The van der Waals surface area contributed by atoms with Gasteiger partial charge in [0, 0.05) is 39.3 Å². The minimum absolute atomic E-state index is 0. The summed E-state index contributed by atoms with van der Waals surface area (Å²) < 4.78 is 24.7. The van der Waals surface area contributed by atoms with Gasteiger partial charge in [-0.3, -0.25) is 4.99 Å². The molecule has 0 radical (unpaired) electrons. The first-order valence-corrected chi connectivity index (χ1v) is 12.6. The van der Waals surface area contributed by atoms with Crippen LogP contribution in [0, 0.1) is 0 Å². The van der Waals surface area contributed by atoms with Crippen molar-refractivity contribution in [2.45, 2.75) is 19.1 Å². The number of phenols is 1. The number of nitrogens with one attached hydrogen (secondary N) is 1. The normalized spacial score (nSPS) is 14.7. The number of halogens is 1. The second kappa shape index (κ2) is 12.9. The van der Waals surface area contributed by atoms with Gasteiger partial charge in [-0.15, -0.1) is 24.0 Å². The number of rotatable bonds is 8. The number of phenolic OH excluding ortho intramolecular Hbond substituents is 1. The first-order valence-electron chi connectivity index (χ1n) is 10.8. The second-order valence-electron chi connectivity index (χ2n) is 7.63. The maximum Gasteiger partial charge on any atom is 0.194 e. The third-order valence-electron chi connectivity index (χ3n) is 5.24. The molecule has 32 heavy (non-hydrogen) atoms. The maximum atomic E-state index is 12.4. The Balaban J connectivity index is 0.00000363. The highest BCUT2D eigenvalue weighted by atomic mass is 127. The lowest BCUT2D eigenvalue weighted by molar-refractivity contribution is 0.370. The van der Waals surface area contributed by atoms with Crippen LogP contribution in [0.5, 0.6) is 5.75 Å². The van der Waals surface area contributed by atoms with E-state index in [9.17, 15) is 13.5 Å². The van der Waals surface area contributed by atoms with Crippen LogP contribution in [-0.4, -0.2) is 69.4 Å². The number of piperazine rings is 1. The summed E-state index contributed by atoms with van der Waals surface area (Å²) in [5, 5.41) is 13.4. The van der Waals surface area contributed by atoms with E-state index in [2.05, 4.69) is 20.1 Å². The number of guanidine groups is 1. The van der Waals surface area contributed by atoms with Crippen LogP contribution < -0.4 is 10.2 Å². The van der Waals surface area contributed by atoms with Crippen LogP contribution in [0.15, 0.2) is 59.6 Å². The minimum Gasteiger partial charge on any atom is -0.506 e. The van der Waals surface area contributed by atoms with Crippen molar-refractivity contribution in [3.63, 3.8) is 0 Å². The number of para-hydroxylation sites is 2. The smallest absolute Gasteiger partial charge is 0.194 e. The van der Waals surface area contributed by atoms with Gasteiger partial charge in [-0.2, -0.15) is 0 Å². The summed E-state index contributed by atoms with van der Waals surface area (Å²) in [5.74, 6) is 1.32. The molecular weight excluding hydrogens is 539 g/mol. The van der Waals surface area contributed by atoms with Crippen LogP contribution in [-0.2, 0) is 15.6 Å². The van der Waals surface area contributed by atoms with Crippen molar-refractivity contribution in [1.82, 2.24) is 10.2 Å². The first-order chi connectivity index (χ1) is 15.0. The predicted molar refractivity (Wildman–Crippen MR) is 142 cm³/mol. The van der Waals surface area contributed by atoms with Gasteiger partial charge in [0.15, 0.2) is 15.8 Å². The molecule has 1 aliphatic heterocycles. The zero-order chi connectivity index (χ0) is 22.1. The van der Waals surface area contributed by atoms with Gasteiger partial charge in [0.05, 0.1) is 17.2 Å². The lowest BCUT2D eigenvalue weighted by Crippen LogP contribution is -2.52. The molecule has 3 rings (SSSR count). The van der Waals surface area contributed by atoms with E-state index in [0.29, 0.717) is 18.7 Å². The van der Waals surface area contributed by atoms with Crippen molar-refractivity contribution in [3.8, 4) is 5.75 Å². The fraction of sp³-hybridized carbons (Fsp3) is 0.435. The average molecular weight is 573 g/mol. The van der Waals surface area contributed by atoms with Crippen LogP contribution in [0.1, 0.15) is 18.9 Å². The Labute approximate surface area is 208 Å².